The highest BCUT2D eigenvalue weighted by Crippen LogP contribution is 2.29. The Hall–Kier alpha value is -0.960. The van der Waals surface area contributed by atoms with Crippen LogP contribution in [0.25, 0.3) is 0 Å². The summed E-state index contributed by atoms with van der Waals surface area (Å²) in [7, 11) is -0.969. The van der Waals surface area contributed by atoms with Crippen LogP contribution in [0.5, 0.6) is 0 Å². The lowest BCUT2D eigenvalue weighted by molar-refractivity contribution is 0.0602. The van der Waals surface area contributed by atoms with Crippen molar-refractivity contribution in [3.8, 4) is 0 Å². The first-order chi connectivity index (χ1) is 9.90. The molecule has 1 aromatic rings. The number of esters is 1. The van der Waals surface area contributed by atoms with Crippen LogP contribution in [-0.2, 0) is 19.5 Å². The average Bonchev–Trinajstić information content (AvgIpc) is 3.03. The SMILES string of the molecule is COC(=O)c1scc(C)c1S(=O)(=O)NC1CCCC1OC. The van der Waals surface area contributed by atoms with Gasteiger partial charge in [-0.3, -0.25) is 0 Å². The molecule has 0 amide bonds. The quantitative estimate of drug-likeness (QED) is 0.829. The number of nitrogens with one attached hydrogen (secondary N) is 1. The van der Waals surface area contributed by atoms with Gasteiger partial charge in [-0.25, -0.2) is 17.9 Å². The van der Waals surface area contributed by atoms with Crippen molar-refractivity contribution in [2.75, 3.05) is 14.2 Å². The molecule has 2 rings (SSSR count). The zero-order valence-electron chi connectivity index (χ0n) is 12.2. The van der Waals surface area contributed by atoms with E-state index in [4.69, 9.17) is 4.74 Å². The summed E-state index contributed by atoms with van der Waals surface area (Å²) in [4.78, 5) is 11.8. The number of carbonyl (C=O) groups excluding carboxylic acids is 1. The number of hydrogen-bond donors (Lipinski definition) is 1. The van der Waals surface area contributed by atoms with Crippen LogP contribution in [-0.4, -0.2) is 40.8 Å². The molecule has 0 spiro atoms. The maximum Gasteiger partial charge on any atom is 0.349 e. The molecule has 1 saturated carbocycles. The highest BCUT2D eigenvalue weighted by atomic mass is 32.2. The Balaban J connectivity index is 2.32. The molecule has 0 radical (unpaired) electrons. The Labute approximate surface area is 128 Å². The number of hydrogen-bond acceptors (Lipinski definition) is 6. The third-order valence-electron chi connectivity index (χ3n) is 3.62. The lowest BCUT2D eigenvalue weighted by Crippen LogP contribution is -2.41. The minimum atomic E-state index is -3.78. The first-order valence-electron chi connectivity index (χ1n) is 6.62. The second kappa shape index (κ2) is 6.43. The van der Waals surface area contributed by atoms with Gasteiger partial charge in [-0.15, -0.1) is 11.3 Å². The number of ether oxygens (including phenoxy) is 2. The molecule has 0 aromatic carbocycles. The van der Waals surface area contributed by atoms with Crippen LogP contribution in [0, 0.1) is 6.92 Å². The predicted molar refractivity (Wildman–Crippen MR) is 79.2 cm³/mol. The van der Waals surface area contributed by atoms with E-state index in [0.29, 0.717) is 5.56 Å². The molecule has 2 atom stereocenters. The first-order valence-corrected chi connectivity index (χ1v) is 8.98. The minimum Gasteiger partial charge on any atom is -0.465 e. The van der Waals surface area contributed by atoms with Gasteiger partial charge in [-0.2, -0.15) is 0 Å². The molecule has 0 aliphatic heterocycles. The van der Waals surface area contributed by atoms with Gasteiger partial charge in [0.25, 0.3) is 0 Å². The maximum absolute atomic E-state index is 12.6. The van der Waals surface area contributed by atoms with E-state index in [1.54, 1.807) is 19.4 Å². The largest absolute Gasteiger partial charge is 0.465 e. The van der Waals surface area contributed by atoms with Crippen LogP contribution >= 0.6 is 11.3 Å². The van der Waals surface area contributed by atoms with Crippen LogP contribution in [0.3, 0.4) is 0 Å². The van der Waals surface area contributed by atoms with Gasteiger partial charge in [0.15, 0.2) is 0 Å². The Kier molecular flexibility index (Phi) is 5.03. The van der Waals surface area contributed by atoms with E-state index in [9.17, 15) is 13.2 Å². The molecule has 1 aliphatic carbocycles. The number of methoxy groups -OCH3 is 2. The van der Waals surface area contributed by atoms with Gasteiger partial charge in [0, 0.05) is 13.2 Å². The van der Waals surface area contributed by atoms with Gasteiger partial charge in [0.05, 0.1) is 13.2 Å². The van der Waals surface area contributed by atoms with Gasteiger partial charge >= 0.3 is 5.97 Å². The standard InChI is InChI=1S/C13H19NO5S2/c1-8-7-20-11(13(15)19-3)12(8)21(16,17)14-9-5-4-6-10(9)18-2/h7,9-10,14H,4-6H2,1-3H3. The Morgan fingerprint density at radius 1 is 1.38 bits per heavy atom. The van der Waals surface area contributed by atoms with Crippen molar-refractivity contribution in [2.24, 2.45) is 0 Å². The molecule has 1 N–H and O–H groups in total. The first kappa shape index (κ1) is 16.4. The molecule has 2 unspecified atom stereocenters. The second-order valence-electron chi connectivity index (χ2n) is 5.00. The van der Waals surface area contributed by atoms with E-state index in [2.05, 4.69) is 9.46 Å². The molecule has 1 heterocycles. The zero-order chi connectivity index (χ0) is 15.6. The normalized spacial score (nSPS) is 22.4. The summed E-state index contributed by atoms with van der Waals surface area (Å²) in [5, 5.41) is 1.64. The average molecular weight is 333 g/mol. The van der Waals surface area contributed by atoms with Crippen LogP contribution in [0.4, 0.5) is 0 Å². The van der Waals surface area contributed by atoms with E-state index in [1.807, 2.05) is 0 Å². The smallest absolute Gasteiger partial charge is 0.349 e. The fraction of sp³-hybridized carbons (Fsp3) is 0.615. The molecule has 8 heteroatoms. The van der Waals surface area contributed by atoms with Gasteiger partial charge in [0.2, 0.25) is 10.0 Å². The molecule has 21 heavy (non-hydrogen) atoms. The van der Waals surface area contributed by atoms with Crippen LogP contribution in [0.15, 0.2) is 10.3 Å². The third kappa shape index (κ3) is 3.28. The summed E-state index contributed by atoms with van der Waals surface area (Å²) in [5.74, 6) is -0.636. The van der Waals surface area contributed by atoms with E-state index in [-0.39, 0.29) is 21.9 Å². The lowest BCUT2D eigenvalue weighted by atomic mass is 10.2. The summed E-state index contributed by atoms with van der Waals surface area (Å²) in [5.41, 5.74) is 0.542. The third-order valence-corrected chi connectivity index (χ3v) is 6.50. The van der Waals surface area contributed by atoms with E-state index in [0.717, 1.165) is 30.6 Å². The van der Waals surface area contributed by atoms with E-state index < -0.39 is 16.0 Å². The van der Waals surface area contributed by atoms with Crippen molar-refractivity contribution in [3.05, 3.63) is 15.8 Å². The topological polar surface area (TPSA) is 81.7 Å². The van der Waals surface area contributed by atoms with Gasteiger partial charge < -0.3 is 9.47 Å². The summed E-state index contributed by atoms with van der Waals surface area (Å²) in [6.07, 6.45) is 2.35. The molecule has 118 valence electrons. The summed E-state index contributed by atoms with van der Waals surface area (Å²) in [6, 6.07) is -0.259. The number of carbonyl (C=O) groups is 1. The fourth-order valence-corrected chi connectivity index (χ4v) is 5.61. The monoisotopic (exact) mass is 333 g/mol. The van der Waals surface area contributed by atoms with E-state index in [1.165, 1.54) is 7.11 Å². The molecular weight excluding hydrogens is 314 g/mol. The number of aryl methyl sites for hydroxylation is 1. The van der Waals surface area contributed by atoms with Crippen LogP contribution < -0.4 is 4.72 Å². The van der Waals surface area contributed by atoms with Gasteiger partial charge in [0.1, 0.15) is 9.77 Å². The van der Waals surface area contributed by atoms with Crippen molar-refractivity contribution in [3.63, 3.8) is 0 Å². The molecule has 0 bridgehead atoms. The highest BCUT2D eigenvalue weighted by molar-refractivity contribution is 7.89. The number of thiophene rings is 1. The molecule has 1 aromatic heterocycles. The highest BCUT2D eigenvalue weighted by Gasteiger charge is 2.34. The minimum absolute atomic E-state index is 0.0149. The zero-order valence-corrected chi connectivity index (χ0v) is 13.8. The lowest BCUT2D eigenvalue weighted by Gasteiger charge is -2.20. The van der Waals surface area contributed by atoms with Gasteiger partial charge in [-0.1, -0.05) is 0 Å². The Morgan fingerprint density at radius 2 is 2.10 bits per heavy atom. The molecule has 1 aliphatic rings. The van der Waals surface area contributed by atoms with Crippen molar-refractivity contribution in [2.45, 2.75) is 43.2 Å². The van der Waals surface area contributed by atoms with Gasteiger partial charge in [-0.05, 0) is 37.1 Å². The van der Waals surface area contributed by atoms with Crippen LogP contribution in [0.2, 0.25) is 0 Å². The molecular formula is C13H19NO5S2. The summed E-state index contributed by atoms with van der Waals surface area (Å²) in [6.45, 7) is 1.67. The van der Waals surface area contributed by atoms with E-state index >= 15 is 0 Å². The Morgan fingerprint density at radius 3 is 2.71 bits per heavy atom. The maximum atomic E-state index is 12.6. The number of rotatable bonds is 5. The second-order valence-corrected chi connectivity index (χ2v) is 7.53. The molecule has 6 nitrogen and oxygen atoms in total. The van der Waals surface area contributed by atoms with Crippen molar-refractivity contribution < 1.29 is 22.7 Å². The van der Waals surface area contributed by atoms with Crippen molar-refractivity contribution >= 4 is 27.3 Å². The predicted octanol–water partition coefficient (Wildman–Crippen LogP) is 1.69. The van der Waals surface area contributed by atoms with Crippen molar-refractivity contribution in [1.82, 2.24) is 4.72 Å². The Bertz CT molecular complexity index is 623. The molecule has 0 saturated heterocycles. The summed E-state index contributed by atoms with van der Waals surface area (Å²) >= 11 is 1.08. The number of sulfonamides is 1. The van der Waals surface area contributed by atoms with Crippen LogP contribution in [0.1, 0.15) is 34.5 Å². The fourth-order valence-electron chi connectivity index (χ4n) is 2.60. The van der Waals surface area contributed by atoms with Crippen molar-refractivity contribution in [1.29, 1.82) is 0 Å². The molecule has 1 fully saturated rings. The summed E-state index contributed by atoms with van der Waals surface area (Å²) < 4.78 is 37.8.